The minimum Gasteiger partial charge on any atom is -0.353 e. The Bertz CT molecular complexity index is 877. The number of amides is 2. The third-order valence-electron chi connectivity index (χ3n) is 5.33. The van der Waals surface area contributed by atoms with E-state index in [0.29, 0.717) is 43.2 Å². The molecule has 1 aliphatic rings. The smallest absolute Gasteiger partial charge is 0.252 e. The number of nitrogens with zero attached hydrogens (tertiary/aromatic N) is 3. The van der Waals surface area contributed by atoms with Crippen molar-refractivity contribution in [3.8, 4) is 0 Å². The van der Waals surface area contributed by atoms with Crippen LogP contribution in [-0.4, -0.2) is 53.9 Å². The zero-order valence-corrected chi connectivity index (χ0v) is 18.5. The molecule has 0 aliphatic carbocycles. The van der Waals surface area contributed by atoms with Gasteiger partial charge in [-0.3, -0.25) is 9.59 Å². The highest BCUT2D eigenvalue weighted by Crippen LogP contribution is 2.18. The van der Waals surface area contributed by atoms with Crippen molar-refractivity contribution in [3.05, 3.63) is 58.7 Å². The van der Waals surface area contributed by atoms with Crippen LogP contribution in [0.25, 0.3) is 0 Å². The monoisotopic (exact) mass is 428 g/mol. The van der Waals surface area contributed by atoms with Crippen LogP contribution in [0.1, 0.15) is 36.2 Å². The molecule has 0 bridgehead atoms. The van der Waals surface area contributed by atoms with Crippen LogP contribution >= 0.6 is 11.6 Å². The summed E-state index contributed by atoms with van der Waals surface area (Å²) in [5.41, 5.74) is 1.51. The molecule has 1 aromatic carbocycles. The number of hydrogen-bond acceptors (Lipinski definition) is 4. The number of carbonyl (C=O) groups excluding carboxylic acids is 2. The van der Waals surface area contributed by atoms with Gasteiger partial charge in [0.15, 0.2) is 0 Å². The third-order valence-corrected chi connectivity index (χ3v) is 5.55. The van der Waals surface area contributed by atoms with Crippen molar-refractivity contribution in [2.75, 3.05) is 31.1 Å². The fourth-order valence-electron chi connectivity index (χ4n) is 3.69. The van der Waals surface area contributed by atoms with Crippen LogP contribution in [0.2, 0.25) is 5.02 Å². The molecule has 160 valence electrons. The number of hydrogen-bond donors (Lipinski definition) is 1. The second-order valence-corrected chi connectivity index (χ2v) is 8.55. The first-order chi connectivity index (χ1) is 14.3. The van der Waals surface area contributed by atoms with Crippen LogP contribution in [0.4, 0.5) is 5.82 Å². The van der Waals surface area contributed by atoms with E-state index in [2.05, 4.69) is 29.0 Å². The lowest BCUT2D eigenvalue weighted by Gasteiger charge is -2.37. The average Bonchev–Trinajstić information content (AvgIpc) is 2.73. The fourth-order valence-corrected chi connectivity index (χ4v) is 3.80. The summed E-state index contributed by atoms with van der Waals surface area (Å²) in [6.45, 7) is 8.60. The van der Waals surface area contributed by atoms with E-state index in [1.54, 1.807) is 12.3 Å². The van der Waals surface area contributed by atoms with E-state index in [9.17, 15) is 9.59 Å². The second kappa shape index (κ2) is 9.94. The predicted molar refractivity (Wildman–Crippen MR) is 120 cm³/mol. The highest BCUT2D eigenvalue weighted by Gasteiger charge is 2.30. The number of halogens is 1. The molecule has 6 nitrogen and oxygen atoms in total. The van der Waals surface area contributed by atoms with Gasteiger partial charge in [0.25, 0.3) is 5.91 Å². The lowest BCUT2D eigenvalue weighted by atomic mass is 10.0. The largest absolute Gasteiger partial charge is 0.353 e. The average molecular weight is 429 g/mol. The van der Waals surface area contributed by atoms with Gasteiger partial charge < -0.3 is 15.1 Å². The van der Waals surface area contributed by atoms with Gasteiger partial charge in [0.2, 0.25) is 5.91 Å². The van der Waals surface area contributed by atoms with E-state index in [1.807, 2.05) is 42.2 Å². The summed E-state index contributed by atoms with van der Waals surface area (Å²) >= 11 is 5.92. The molecule has 2 aromatic rings. The maximum atomic E-state index is 13.2. The van der Waals surface area contributed by atoms with Gasteiger partial charge in [-0.25, -0.2) is 4.98 Å². The molecule has 30 heavy (non-hydrogen) atoms. The molecule has 1 atom stereocenters. The number of aryl methyl sites for hydroxylation is 1. The Morgan fingerprint density at radius 1 is 1.10 bits per heavy atom. The summed E-state index contributed by atoms with van der Waals surface area (Å²) < 4.78 is 0. The van der Waals surface area contributed by atoms with E-state index < -0.39 is 6.04 Å². The summed E-state index contributed by atoms with van der Waals surface area (Å²) in [5, 5.41) is 3.59. The van der Waals surface area contributed by atoms with Crippen molar-refractivity contribution in [1.29, 1.82) is 0 Å². The van der Waals surface area contributed by atoms with Crippen LogP contribution in [0.3, 0.4) is 0 Å². The fraction of sp³-hybridized carbons (Fsp3) is 0.435. The Morgan fingerprint density at radius 2 is 1.80 bits per heavy atom. The zero-order valence-electron chi connectivity index (χ0n) is 17.8. The van der Waals surface area contributed by atoms with Gasteiger partial charge in [0, 0.05) is 37.9 Å². The molecular weight excluding hydrogens is 400 g/mol. The molecule has 0 spiro atoms. The van der Waals surface area contributed by atoms with Crippen LogP contribution in [0, 0.1) is 12.8 Å². The number of piperazine rings is 1. The van der Waals surface area contributed by atoms with Crippen molar-refractivity contribution < 1.29 is 9.59 Å². The Labute approximate surface area is 183 Å². The van der Waals surface area contributed by atoms with Crippen molar-refractivity contribution in [2.24, 2.45) is 5.92 Å². The molecule has 1 aliphatic heterocycles. The van der Waals surface area contributed by atoms with Crippen molar-refractivity contribution >= 4 is 29.2 Å². The highest BCUT2D eigenvalue weighted by atomic mass is 35.5. The molecule has 7 heteroatoms. The molecule has 1 N–H and O–H groups in total. The number of anilines is 1. The van der Waals surface area contributed by atoms with Crippen LogP contribution in [0.15, 0.2) is 42.6 Å². The Morgan fingerprint density at radius 3 is 2.40 bits per heavy atom. The van der Waals surface area contributed by atoms with Gasteiger partial charge in [0.05, 0.1) is 5.02 Å². The number of pyridine rings is 1. The van der Waals surface area contributed by atoms with Gasteiger partial charge in [-0.05, 0) is 43.0 Å². The maximum absolute atomic E-state index is 13.2. The number of rotatable bonds is 6. The third kappa shape index (κ3) is 5.51. The summed E-state index contributed by atoms with van der Waals surface area (Å²) in [5.74, 6) is 0.930. The standard InChI is InChI=1S/C23H29ClN4O2/c1-16(2)14-20(26-22(29)19-7-5-4-6-17(19)3)23(30)28-12-10-27(11-13-28)21-9-8-18(24)15-25-21/h4-9,15-16,20H,10-14H2,1-3H3,(H,26,29). The molecular formula is C23H29ClN4O2. The summed E-state index contributed by atoms with van der Waals surface area (Å²) in [7, 11) is 0. The van der Waals surface area contributed by atoms with Crippen molar-refractivity contribution in [3.63, 3.8) is 0 Å². The molecule has 2 amide bonds. The van der Waals surface area contributed by atoms with E-state index in [0.717, 1.165) is 11.4 Å². The van der Waals surface area contributed by atoms with Crippen molar-refractivity contribution in [1.82, 2.24) is 15.2 Å². The molecule has 1 unspecified atom stereocenters. The zero-order chi connectivity index (χ0) is 21.7. The number of aromatic nitrogens is 1. The Kier molecular flexibility index (Phi) is 7.32. The quantitative estimate of drug-likeness (QED) is 0.764. The van der Waals surface area contributed by atoms with E-state index in [4.69, 9.17) is 11.6 Å². The molecule has 0 radical (unpaired) electrons. The SMILES string of the molecule is Cc1ccccc1C(=O)NC(CC(C)C)C(=O)N1CCN(c2ccc(Cl)cn2)CC1. The van der Waals surface area contributed by atoms with Crippen molar-refractivity contribution in [2.45, 2.75) is 33.2 Å². The normalized spacial score (nSPS) is 15.2. The second-order valence-electron chi connectivity index (χ2n) is 8.12. The molecule has 1 fully saturated rings. The number of nitrogens with one attached hydrogen (secondary N) is 1. The van der Waals surface area contributed by atoms with Crippen LogP contribution in [0.5, 0.6) is 0 Å². The Hall–Kier alpha value is -2.60. The summed E-state index contributed by atoms with van der Waals surface area (Å²) in [4.78, 5) is 34.4. The van der Waals surface area contributed by atoms with E-state index in [1.165, 1.54) is 0 Å². The van der Waals surface area contributed by atoms with Crippen LogP contribution < -0.4 is 10.2 Å². The predicted octanol–water partition coefficient (Wildman–Crippen LogP) is 3.54. The van der Waals surface area contributed by atoms with Gasteiger partial charge in [-0.1, -0.05) is 43.6 Å². The van der Waals surface area contributed by atoms with Gasteiger partial charge in [-0.15, -0.1) is 0 Å². The lowest BCUT2D eigenvalue weighted by molar-refractivity contribution is -0.134. The maximum Gasteiger partial charge on any atom is 0.252 e. The lowest BCUT2D eigenvalue weighted by Crippen LogP contribution is -2.55. The molecule has 3 rings (SSSR count). The topological polar surface area (TPSA) is 65.5 Å². The first-order valence-corrected chi connectivity index (χ1v) is 10.7. The van der Waals surface area contributed by atoms with Gasteiger partial charge in [-0.2, -0.15) is 0 Å². The van der Waals surface area contributed by atoms with Gasteiger partial charge in [0.1, 0.15) is 11.9 Å². The molecule has 2 heterocycles. The number of benzene rings is 1. The number of carbonyl (C=O) groups is 2. The molecule has 1 saturated heterocycles. The minimum atomic E-state index is -0.530. The minimum absolute atomic E-state index is 0.0191. The van der Waals surface area contributed by atoms with Crippen LogP contribution in [-0.2, 0) is 4.79 Å². The van der Waals surface area contributed by atoms with Gasteiger partial charge >= 0.3 is 0 Å². The molecule has 0 saturated carbocycles. The summed E-state index contributed by atoms with van der Waals surface area (Å²) in [6, 6.07) is 10.6. The Balaban J connectivity index is 1.64. The highest BCUT2D eigenvalue weighted by molar-refractivity contribution is 6.30. The first-order valence-electron chi connectivity index (χ1n) is 10.4. The molecule has 1 aromatic heterocycles. The van der Waals surface area contributed by atoms with E-state index in [-0.39, 0.29) is 17.7 Å². The van der Waals surface area contributed by atoms with E-state index >= 15 is 0 Å². The first kappa shape index (κ1) is 22.1. The summed E-state index contributed by atoms with van der Waals surface area (Å²) in [6.07, 6.45) is 2.24.